The molecule has 0 N–H and O–H groups in total. The molecule has 3 aromatic heterocycles. The van der Waals surface area contributed by atoms with Gasteiger partial charge in [0.2, 0.25) is 0 Å². The summed E-state index contributed by atoms with van der Waals surface area (Å²) in [5, 5.41) is 2.18. The van der Waals surface area contributed by atoms with Crippen LogP contribution < -0.4 is 26.9 Å². The van der Waals surface area contributed by atoms with Crippen molar-refractivity contribution in [1.29, 1.82) is 0 Å². The molecule has 0 spiro atoms. The maximum Gasteiger partial charge on any atom is 0.0629 e. The first-order valence-corrected chi connectivity index (χ1v) is 29.4. The molecule has 364 valence electrons. The molecular weight excluding hydrogens is 985 g/mol. The topological polar surface area (TPSA) is 35.9 Å². The average Bonchev–Trinajstić information content (AvgIpc) is 1.44. The molecule has 13 aromatic rings. The number of aromatic nitrogens is 4. The number of hydrogen-bond donors (Lipinski definition) is 0. The molecule has 0 saturated carbocycles. The molecule has 0 aliphatic rings. The Bertz CT molecular complexity index is 4610. The Balaban J connectivity index is 1.06. The Morgan fingerprint density at radius 3 is 1.71 bits per heavy atom. The van der Waals surface area contributed by atoms with E-state index < -0.39 is 73.7 Å². The largest absolute Gasteiger partial charge is 0.0629 e. The van der Waals surface area contributed by atoms with Gasteiger partial charge in [0, 0.05) is 0 Å². The fourth-order valence-corrected chi connectivity index (χ4v) is 21.4. The van der Waals surface area contributed by atoms with E-state index in [1.54, 1.807) is 22.8 Å². The molecule has 0 radical (unpaired) electrons. The standard InChI is InChI=1S/C70H54GeN4O/c1-70(2,3)52-43-44-72-67(45-52)75-63-40-20-19-37-61(63)68-62(71(53-29-13-6-14-30-53,54-31-15-7-16-32-54)55-33-17-8-18-34-55)47-58(48-66(68)75)76-57-36-23-35-56(46-57)73-49-74(65-42-22-21-41-64(65)73)69-59(50-25-9-4-10-26-50)38-24-39-60(69)51-27-11-5-12-28-51/h4-48H,1-3H3/i4D,5D,9D,10D,11D,12D,25D,26D,27D,28D. The van der Waals surface area contributed by atoms with E-state index in [-0.39, 0.29) is 33.4 Å². The Labute approximate surface area is 460 Å². The summed E-state index contributed by atoms with van der Waals surface area (Å²) in [6.07, 6.45) is 5.41. The second-order valence-electron chi connectivity index (χ2n) is 19.8. The Kier molecular flexibility index (Phi) is 9.37. The van der Waals surface area contributed by atoms with Crippen LogP contribution in [0.4, 0.5) is 0 Å². The van der Waals surface area contributed by atoms with Crippen molar-refractivity contribution in [3.63, 3.8) is 0 Å². The summed E-state index contributed by atoms with van der Waals surface area (Å²) in [6, 6.07) is 64.5. The number of pyridine rings is 1. The van der Waals surface area contributed by atoms with Crippen LogP contribution in [0.1, 0.15) is 40.0 Å². The zero-order valence-electron chi connectivity index (χ0n) is 51.9. The van der Waals surface area contributed by atoms with E-state index in [0.29, 0.717) is 28.2 Å². The minimum atomic E-state index is -4.14. The molecule has 0 saturated heterocycles. The molecule has 5 nitrogen and oxygen atoms in total. The summed E-state index contributed by atoms with van der Waals surface area (Å²) in [7, 11) is 0. The van der Waals surface area contributed by atoms with Crippen molar-refractivity contribution in [3.8, 4) is 50.9 Å². The second kappa shape index (κ2) is 19.3. The monoisotopic (exact) mass is 1050 g/mol. The SMILES string of the molecule is [2H]c1c([2H])c([2H])c(-c2cccc(-c3c([2H])c([2H])c([2H])c([2H])c3[2H])c2-[n+]2[c-]n(-c3cccc(Oc4c[c]([Ge]([c]5ccccc5)([c]5ccccc5)[c]5ccccc5)c5c6ccccc6n(-c6cc(C(C)(C)C)ccn6)c5c4)c3)c3ccccc32)c([2H])c1[2H]. The van der Waals surface area contributed by atoms with Crippen molar-refractivity contribution in [2.45, 2.75) is 26.2 Å². The van der Waals surface area contributed by atoms with Gasteiger partial charge in [-0.1, -0.05) is 78.6 Å². The predicted octanol–water partition coefficient (Wildman–Crippen LogP) is 14.0. The molecule has 76 heavy (non-hydrogen) atoms. The summed E-state index contributed by atoms with van der Waals surface area (Å²) in [6.45, 7) is 6.62. The maximum absolute atomic E-state index is 9.17. The number of para-hydroxylation sites is 4. The Morgan fingerprint density at radius 1 is 0.526 bits per heavy atom. The molecule has 0 bridgehead atoms. The Morgan fingerprint density at radius 2 is 1.09 bits per heavy atom. The zero-order valence-corrected chi connectivity index (χ0v) is 44.0. The number of fused-ring (bicyclic) bond motifs is 4. The first-order valence-electron chi connectivity index (χ1n) is 30.2. The van der Waals surface area contributed by atoms with Crippen LogP contribution in [0.15, 0.2) is 273 Å². The summed E-state index contributed by atoms with van der Waals surface area (Å²) in [5.41, 5.74) is 4.90. The number of benzene rings is 10. The normalized spacial score (nSPS) is 13.7. The summed E-state index contributed by atoms with van der Waals surface area (Å²) in [4.78, 5) is 5.10. The van der Waals surface area contributed by atoms with Crippen molar-refractivity contribution in [2.24, 2.45) is 0 Å². The van der Waals surface area contributed by atoms with Gasteiger partial charge in [-0.3, -0.25) is 0 Å². The van der Waals surface area contributed by atoms with Crippen LogP contribution in [-0.2, 0) is 5.41 Å². The van der Waals surface area contributed by atoms with Gasteiger partial charge in [-0.25, -0.2) is 0 Å². The average molecular weight is 1050 g/mol. The van der Waals surface area contributed by atoms with Crippen molar-refractivity contribution >= 4 is 63.7 Å². The summed E-state index contributed by atoms with van der Waals surface area (Å²) in [5.74, 6) is 1.86. The molecule has 3 heterocycles. The zero-order chi connectivity index (χ0) is 59.9. The molecule has 0 fully saturated rings. The first-order chi connectivity index (χ1) is 41.5. The third kappa shape index (κ3) is 8.12. The van der Waals surface area contributed by atoms with E-state index in [2.05, 4.69) is 171 Å². The van der Waals surface area contributed by atoms with Gasteiger partial charge in [-0.2, -0.15) is 0 Å². The van der Waals surface area contributed by atoms with Crippen LogP contribution in [-0.4, -0.2) is 27.4 Å². The maximum atomic E-state index is 9.17. The number of nitrogens with zero attached hydrogens (tertiary/aromatic N) is 4. The van der Waals surface area contributed by atoms with Gasteiger partial charge in [0.1, 0.15) is 0 Å². The molecule has 10 aromatic carbocycles. The molecule has 0 aliphatic heterocycles. The van der Waals surface area contributed by atoms with Crippen molar-refractivity contribution in [3.05, 3.63) is 285 Å². The Hall–Kier alpha value is -9.04. The third-order valence-corrected chi connectivity index (χ3v) is 24.4. The van der Waals surface area contributed by atoms with Crippen LogP contribution in [0.2, 0.25) is 0 Å². The van der Waals surface area contributed by atoms with E-state index >= 15 is 0 Å². The van der Waals surface area contributed by atoms with E-state index in [0.717, 1.165) is 37.6 Å². The fourth-order valence-electron chi connectivity index (χ4n) is 10.9. The van der Waals surface area contributed by atoms with Gasteiger partial charge in [0.05, 0.1) is 13.7 Å². The van der Waals surface area contributed by atoms with Gasteiger partial charge >= 0.3 is 359 Å². The molecule has 0 unspecified atom stereocenters. The fraction of sp³-hybridized carbons (Fsp3) is 0.0571. The number of hydrogen-bond acceptors (Lipinski definition) is 2. The van der Waals surface area contributed by atoms with Gasteiger partial charge in [-0.05, 0) is 11.1 Å². The van der Waals surface area contributed by atoms with Crippen LogP contribution >= 0.6 is 0 Å². The van der Waals surface area contributed by atoms with Gasteiger partial charge in [0.25, 0.3) is 0 Å². The van der Waals surface area contributed by atoms with Crippen LogP contribution in [0.25, 0.3) is 72.3 Å². The van der Waals surface area contributed by atoms with Crippen LogP contribution in [0.3, 0.4) is 0 Å². The predicted molar refractivity (Wildman–Crippen MR) is 315 cm³/mol. The van der Waals surface area contributed by atoms with Crippen molar-refractivity contribution in [1.82, 2.24) is 14.1 Å². The number of ether oxygens (including phenoxy) is 1. The van der Waals surface area contributed by atoms with Gasteiger partial charge < -0.3 is 0 Å². The van der Waals surface area contributed by atoms with Crippen LogP contribution in [0.5, 0.6) is 11.5 Å². The van der Waals surface area contributed by atoms with Crippen LogP contribution in [0, 0.1) is 6.33 Å². The minimum absolute atomic E-state index is 0.138. The van der Waals surface area contributed by atoms with E-state index in [4.69, 9.17) is 17.9 Å². The van der Waals surface area contributed by atoms with Crippen molar-refractivity contribution < 1.29 is 23.0 Å². The third-order valence-electron chi connectivity index (χ3n) is 14.3. The molecule has 0 amide bonds. The second-order valence-corrected chi connectivity index (χ2v) is 27.7. The minimum Gasteiger partial charge on any atom is -0.0617 e. The molecule has 13 rings (SSSR count). The van der Waals surface area contributed by atoms with Gasteiger partial charge in [-0.15, -0.1) is 0 Å². The first kappa shape index (κ1) is 36.8. The number of rotatable bonds is 11. The van der Waals surface area contributed by atoms with E-state index in [1.165, 1.54) is 13.2 Å². The van der Waals surface area contributed by atoms with E-state index in [1.807, 2.05) is 59.3 Å². The molecule has 6 heteroatoms. The summed E-state index contributed by atoms with van der Waals surface area (Å²) < 4.78 is 106. The molecule has 0 atom stereocenters. The van der Waals surface area contributed by atoms with E-state index in [9.17, 15) is 5.48 Å². The quantitative estimate of drug-likeness (QED) is 0.0735. The molecular formula is C70H54GeN4O. The smallest absolute Gasteiger partial charge is 0.0617 e. The number of imidazole rings is 1. The molecule has 0 aliphatic carbocycles. The summed E-state index contributed by atoms with van der Waals surface area (Å²) >= 11 is -4.14. The van der Waals surface area contributed by atoms with Gasteiger partial charge in [0.15, 0.2) is 0 Å². The van der Waals surface area contributed by atoms with Crippen molar-refractivity contribution in [2.75, 3.05) is 0 Å².